The lowest BCUT2D eigenvalue weighted by molar-refractivity contribution is -0.137. The predicted octanol–water partition coefficient (Wildman–Crippen LogP) is 5.65. The molecule has 0 bridgehead atoms. The lowest BCUT2D eigenvalue weighted by atomic mass is 10.0. The molecular formula is C30H29F3N4O3. The summed E-state index contributed by atoms with van der Waals surface area (Å²) in [4.78, 5) is 37.2. The van der Waals surface area contributed by atoms with Gasteiger partial charge in [-0.15, -0.1) is 0 Å². The van der Waals surface area contributed by atoms with Gasteiger partial charge in [0.05, 0.1) is 23.2 Å². The molecule has 5 rings (SSSR count). The zero-order valence-electron chi connectivity index (χ0n) is 22.2. The van der Waals surface area contributed by atoms with E-state index in [-0.39, 0.29) is 18.4 Å². The third-order valence-corrected chi connectivity index (χ3v) is 7.34. The van der Waals surface area contributed by atoms with E-state index in [1.807, 2.05) is 29.2 Å². The monoisotopic (exact) mass is 550 g/mol. The molecule has 2 aliphatic heterocycles. The highest BCUT2D eigenvalue weighted by atomic mass is 19.4. The zero-order valence-corrected chi connectivity index (χ0v) is 22.2. The number of hydrogen-bond acceptors (Lipinski definition) is 6. The van der Waals surface area contributed by atoms with Gasteiger partial charge in [-0.1, -0.05) is 67.5 Å². The van der Waals surface area contributed by atoms with Crippen molar-refractivity contribution in [2.24, 2.45) is 5.16 Å². The summed E-state index contributed by atoms with van der Waals surface area (Å²) in [6, 6.07) is 19.1. The maximum atomic E-state index is 13.0. The summed E-state index contributed by atoms with van der Waals surface area (Å²) in [6.45, 7) is 7.13. The Morgan fingerprint density at radius 3 is 1.93 bits per heavy atom. The highest BCUT2D eigenvalue weighted by molar-refractivity contribution is 6.22. The van der Waals surface area contributed by atoms with Crippen LogP contribution in [0.3, 0.4) is 0 Å². The lowest BCUT2D eigenvalue weighted by Crippen LogP contribution is -2.44. The largest absolute Gasteiger partial charge is 0.416 e. The molecule has 2 heterocycles. The van der Waals surface area contributed by atoms with Gasteiger partial charge in [0.2, 0.25) is 6.23 Å². The fraction of sp³-hybridized carbons (Fsp3) is 0.300. The number of imide groups is 1. The van der Waals surface area contributed by atoms with Crippen molar-refractivity contribution in [3.8, 4) is 11.1 Å². The Labute approximate surface area is 230 Å². The van der Waals surface area contributed by atoms with Crippen LogP contribution in [-0.2, 0) is 11.0 Å². The number of oxime groups is 1. The third kappa shape index (κ3) is 5.31. The molecule has 1 unspecified atom stereocenters. The Morgan fingerprint density at radius 2 is 1.40 bits per heavy atom. The number of hydrogen-bond donors (Lipinski definition) is 0. The maximum absolute atomic E-state index is 13.0. The van der Waals surface area contributed by atoms with Crippen molar-refractivity contribution in [2.75, 3.05) is 32.7 Å². The van der Waals surface area contributed by atoms with Gasteiger partial charge in [0.15, 0.2) is 5.84 Å². The third-order valence-electron chi connectivity index (χ3n) is 7.34. The second kappa shape index (κ2) is 11.1. The number of fused-ring (bicyclic) bond motifs is 1. The average molecular weight is 551 g/mol. The SMILES string of the molecule is CCN(CC)CCN1C(CN2C(=O)c3ccccc3C2=O)=NOC1c1ccc(-c2ccc(C(F)(F)F)cc2)cc1. The predicted molar refractivity (Wildman–Crippen MR) is 144 cm³/mol. The molecular weight excluding hydrogens is 521 g/mol. The normalized spacial score (nSPS) is 16.9. The minimum Gasteiger partial charge on any atom is -0.364 e. The highest BCUT2D eigenvalue weighted by Crippen LogP contribution is 2.33. The Balaban J connectivity index is 1.36. The van der Waals surface area contributed by atoms with Crippen molar-refractivity contribution >= 4 is 17.6 Å². The molecule has 0 fully saturated rings. The number of carbonyl (C=O) groups excluding carboxylic acids is 2. The van der Waals surface area contributed by atoms with Crippen LogP contribution >= 0.6 is 0 Å². The molecule has 2 amide bonds. The average Bonchev–Trinajstić information content (AvgIpc) is 3.47. The number of amidine groups is 1. The Kier molecular flexibility index (Phi) is 7.62. The standard InChI is InChI=1S/C30H29F3N4O3/c1-3-35(4-2)17-18-36-26(19-37-27(38)24-7-5-6-8-25(24)28(37)39)34-40-29(36)22-11-9-20(10-12-22)21-13-15-23(16-14-21)30(31,32)33/h5-16,29H,3-4,17-19H2,1-2H3. The molecule has 0 aromatic heterocycles. The van der Waals surface area contributed by atoms with Gasteiger partial charge in [0.1, 0.15) is 0 Å². The fourth-order valence-electron chi connectivity index (χ4n) is 4.97. The smallest absolute Gasteiger partial charge is 0.364 e. The molecule has 0 N–H and O–H groups in total. The van der Waals surface area contributed by atoms with E-state index in [0.29, 0.717) is 29.1 Å². The van der Waals surface area contributed by atoms with Crippen LogP contribution in [0.25, 0.3) is 11.1 Å². The van der Waals surface area contributed by atoms with Crippen molar-refractivity contribution in [2.45, 2.75) is 26.3 Å². The molecule has 2 aliphatic rings. The van der Waals surface area contributed by atoms with E-state index in [1.54, 1.807) is 24.3 Å². The summed E-state index contributed by atoms with van der Waals surface area (Å²) in [6.07, 6.45) is -4.97. The molecule has 1 atom stereocenters. The molecule has 0 aliphatic carbocycles. The van der Waals surface area contributed by atoms with Crippen LogP contribution in [-0.4, -0.2) is 65.1 Å². The van der Waals surface area contributed by atoms with Crippen LogP contribution in [0, 0.1) is 0 Å². The number of nitrogens with zero attached hydrogens (tertiary/aromatic N) is 4. The molecule has 40 heavy (non-hydrogen) atoms. The molecule has 0 saturated carbocycles. The number of alkyl halides is 3. The van der Waals surface area contributed by atoms with E-state index in [9.17, 15) is 22.8 Å². The number of benzene rings is 3. The summed E-state index contributed by atoms with van der Waals surface area (Å²) in [7, 11) is 0. The lowest BCUT2D eigenvalue weighted by Gasteiger charge is -2.29. The van der Waals surface area contributed by atoms with Gasteiger partial charge >= 0.3 is 6.18 Å². The quantitative estimate of drug-likeness (QED) is 0.322. The maximum Gasteiger partial charge on any atom is 0.416 e. The van der Waals surface area contributed by atoms with Gasteiger partial charge in [0.25, 0.3) is 11.8 Å². The first-order valence-electron chi connectivity index (χ1n) is 13.2. The minimum absolute atomic E-state index is 0.0231. The van der Waals surface area contributed by atoms with Gasteiger partial charge in [-0.05, 0) is 48.5 Å². The summed E-state index contributed by atoms with van der Waals surface area (Å²) in [5.41, 5.74) is 2.26. The van der Waals surface area contributed by atoms with E-state index in [0.717, 1.165) is 42.9 Å². The molecule has 0 radical (unpaired) electrons. The highest BCUT2D eigenvalue weighted by Gasteiger charge is 2.40. The first-order valence-corrected chi connectivity index (χ1v) is 13.2. The fourth-order valence-corrected chi connectivity index (χ4v) is 4.97. The van der Waals surface area contributed by atoms with Crippen molar-refractivity contribution in [3.05, 3.63) is 95.1 Å². The number of rotatable bonds is 9. The van der Waals surface area contributed by atoms with E-state index in [2.05, 4.69) is 23.9 Å². The van der Waals surface area contributed by atoms with Gasteiger partial charge in [0, 0.05) is 18.7 Å². The molecule has 3 aromatic carbocycles. The summed E-state index contributed by atoms with van der Waals surface area (Å²) >= 11 is 0. The first-order chi connectivity index (χ1) is 19.2. The van der Waals surface area contributed by atoms with E-state index in [1.165, 1.54) is 17.0 Å². The van der Waals surface area contributed by atoms with Crippen molar-refractivity contribution in [3.63, 3.8) is 0 Å². The number of likely N-dealkylation sites (N-methyl/N-ethyl adjacent to an activating group) is 1. The van der Waals surface area contributed by atoms with E-state index >= 15 is 0 Å². The van der Waals surface area contributed by atoms with Crippen molar-refractivity contribution < 1.29 is 27.6 Å². The van der Waals surface area contributed by atoms with E-state index < -0.39 is 18.0 Å². The Hall–Kier alpha value is -4.18. The van der Waals surface area contributed by atoms with Crippen molar-refractivity contribution in [1.82, 2.24) is 14.7 Å². The van der Waals surface area contributed by atoms with Gasteiger partial charge in [-0.3, -0.25) is 14.5 Å². The van der Waals surface area contributed by atoms with E-state index in [4.69, 9.17) is 4.84 Å². The second-order valence-electron chi connectivity index (χ2n) is 9.62. The number of carbonyl (C=O) groups is 2. The summed E-state index contributed by atoms with van der Waals surface area (Å²) < 4.78 is 38.8. The van der Waals surface area contributed by atoms with Crippen molar-refractivity contribution in [1.29, 1.82) is 0 Å². The van der Waals surface area contributed by atoms with Gasteiger partial charge in [-0.2, -0.15) is 13.2 Å². The van der Waals surface area contributed by atoms with Crippen LogP contribution in [0.2, 0.25) is 0 Å². The molecule has 3 aromatic rings. The number of amides is 2. The minimum atomic E-state index is -4.39. The van der Waals surface area contributed by atoms with Gasteiger partial charge in [-0.25, -0.2) is 0 Å². The molecule has 0 saturated heterocycles. The first kappa shape index (κ1) is 27.4. The zero-order chi connectivity index (χ0) is 28.4. The second-order valence-corrected chi connectivity index (χ2v) is 9.62. The molecule has 7 nitrogen and oxygen atoms in total. The van der Waals surface area contributed by atoms with Crippen LogP contribution in [0.4, 0.5) is 13.2 Å². The number of halogens is 3. The van der Waals surface area contributed by atoms with Crippen LogP contribution in [0.5, 0.6) is 0 Å². The van der Waals surface area contributed by atoms with Crippen LogP contribution in [0.15, 0.2) is 78.0 Å². The van der Waals surface area contributed by atoms with Gasteiger partial charge < -0.3 is 14.6 Å². The topological polar surface area (TPSA) is 65.5 Å². The Bertz CT molecular complexity index is 1380. The summed E-state index contributed by atoms with van der Waals surface area (Å²) in [5.74, 6) is -0.258. The molecule has 208 valence electrons. The summed E-state index contributed by atoms with van der Waals surface area (Å²) in [5, 5.41) is 4.28. The van der Waals surface area contributed by atoms with Crippen LogP contribution < -0.4 is 0 Å². The Morgan fingerprint density at radius 1 is 0.850 bits per heavy atom. The van der Waals surface area contributed by atoms with Crippen LogP contribution in [0.1, 0.15) is 51.9 Å². The molecule has 10 heteroatoms. The molecule has 0 spiro atoms.